The van der Waals surface area contributed by atoms with Crippen molar-refractivity contribution in [3.05, 3.63) is 60.2 Å². The molecular weight excluding hydrogens is 198 g/mol. The third-order valence-corrected chi connectivity index (χ3v) is 1.64. The van der Waals surface area contributed by atoms with Crippen LogP contribution in [0.2, 0.25) is 0 Å². The smallest absolute Gasteiger partial charge is 0.106 e. The van der Waals surface area contributed by atoms with Crippen molar-refractivity contribution < 1.29 is 4.84 Å². The Morgan fingerprint density at radius 1 is 1.12 bits per heavy atom. The van der Waals surface area contributed by atoms with Crippen molar-refractivity contribution in [2.45, 2.75) is 0 Å². The maximum atomic E-state index is 4.49. The van der Waals surface area contributed by atoms with Crippen LogP contribution in [0.4, 0.5) is 0 Å². The van der Waals surface area contributed by atoms with Crippen LogP contribution >= 0.6 is 0 Å². The second kappa shape index (κ2) is 8.07. The quantitative estimate of drug-likeness (QED) is 0.326. The lowest BCUT2D eigenvalue weighted by molar-refractivity contribution is 0.215. The molecule has 1 aromatic rings. The highest BCUT2D eigenvalue weighted by molar-refractivity contribution is 5.70. The van der Waals surface area contributed by atoms with E-state index in [0.717, 1.165) is 5.56 Å². The van der Waals surface area contributed by atoms with Crippen LogP contribution in [0.15, 0.2) is 59.8 Å². The van der Waals surface area contributed by atoms with Crippen LogP contribution in [0.25, 0.3) is 0 Å². The van der Waals surface area contributed by atoms with Gasteiger partial charge in [-0.15, -0.1) is 0 Å². The molecule has 0 radical (unpaired) electrons. The van der Waals surface area contributed by atoms with Crippen LogP contribution < -0.4 is 0 Å². The van der Waals surface area contributed by atoms with Gasteiger partial charge in [0.25, 0.3) is 0 Å². The Kier molecular flexibility index (Phi) is 5.96. The van der Waals surface area contributed by atoms with Gasteiger partial charge in [0.1, 0.15) is 7.11 Å². The highest BCUT2D eigenvalue weighted by Gasteiger charge is 1.78. The molecule has 0 atom stereocenters. The zero-order valence-corrected chi connectivity index (χ0v) is 9.13. The van der Waals surface area contributed by atoms with Crippen molar-refractivity contribution in [1.82, 2.24) is 0 Å². The van der Waals surface area contributed by atoms with Gasteiger partial charge in [-0.2, -0.15) is 0 Å². The molecule has 16 heavy (non-hydrogen) atoms. The third-order valence-electron chi connectivity index (χ3n) is 1.64. The normalized spacial score (nSPS) is 10.8. The summed E-state index contributed by atoms with van der Waals surface area (Å²) in [7, 11) is 1.51. The first-order valence-corrected chi connectivity index (χ1v) is 4.88. The van der Waals surface area contributed by atoms with Gasteiger partial charge in [-0.3, -0.25) is 0 Å². The van der Waals surface area contributed by atoms with Crippen molar-refractivity contribution in [2.24, 2.45) is 5.16 Å². The van der Waals surface area contributed by atoms with Gasteiger partial charge < -0.3 is 4.84 Å². The van der Waals surface area contributed by atoms with Crippen molar-refractivity contribution in [1.29, 1.82) is 0 Å². The van der Waals surface area contributed by atoms with E-state index >= 15 is 0 Å². The molecule has 0 spiro atoms. The van der Waals surface area contributed by atoms with Gasteiger partial charge in [0.05, 0.1) is 6.21 Å². The molecule has 0 saturated carbocycles. The van der Waals surface area contributed by atoms with Gasteiger partial charge in [0.2, 0.25) is 0 Å². The molecule has 0 aliphatic rings. The molecular formula is C14H13NO. The number of hydrogen-bond acceptors (Lipinski definition) is 2. The summed E-state index contributed by atoms with van der Waals surface area (Å²) < 4.78 is 0. The van der Waals surface area contributed by atoms with E-state index in [-0.39, 0.29) is 0 Å². The van der Waals surface area contributed by atoms with Gasteiger partial charge >= 0.3 is 0 Å². The van der Waals surface area contributed by atoms with E-state index in [1.165, 1.54) is 7.11 Å². The van der Waals surface area contributed by atoms with Crippen molar-refractivity contribution >= 4 is 6.21 Å². The fourth-order valence-corrected chi connectivity index (χ4v) is 0.960. The Labute approximate surface area is 95.9 Å². The van der Waals surface area contributed by atoms with Crippen molar-refractivity contribution in [2.75, 3.05) is 7.11 Å². The first-order chi connectivity index (χ1) is 7.93. The minimum Gasteiger partial charge on any atom is -0.399 e. The number of benzene rings is 1. The lowest BCUT2D eigenvalue weighted by Crippen LogP contribution is -1.69. The summed E-state index contributed by atoms with van der Waals surface area (Å²) in [6, 6.07) is 9.85. The number of hydrogen-bond donors (Lipinski definition) is 0. The summed E-state index contributed by atoms with van der Waals surface area (Å²) in [6.45, 7) is 0. The monoisotopic (exact) mass is 211 g/mol. The van der Waals surface area contributed by atoms with E-state index in [1.54, 1.807) is 18.4 Å². The van der Waals surface area contributed by atoms with Gasteiger partial charge in [0, 0.05) is 5.56 Å². The molecule has 0 aliphatic carbocycles. The van der Waals surface area contributed by atoms with E-state index in [2.05, 4.69) is 21.8 Å². The Bertz CT molecular complexity index is 433. The summed E-state index contributed by atoms with van der Waals surface area (Å²) in [6.07, 6.45) is 8.79. The Morgan fingerprint density at radius 3 is 2.69 bits per heavy atom. The summed E-state index contributed by atoms with van der Waals surface area (Å²) in [5.41, 5.74) is 1.01. The molecule has 0 fully saturated rings. The lowest BCUT2D eigenvalue weighted by Gasteiger charge is -1.84. The Morgan fingerprint density at radius 2 is 1.94 bits per heavy atom. The first kappa shape index (κ1) is 11.8. The first-order valence-electron chi connectivity index (χ1n) is 4.88. The van der Waals surface area contributed by atoms with Crippen molar-refractivity contribution in [3.8, 4) is 11.8 Å². The predicted octanol–water partition coefficient (Wildman–Crippen LogP) is 2.78. The zero-order valence-electron chi connectivity index (χ0n) is 9.13. The standard InChI is InChI=1S/C14H13NO/c1-16-15-13-9-4-2-3-6-10-14-11-7-5-8-12-14/h2-5,7-9,11-13H,1H3/b3-2+,9-4-,15-13-. The van der Waals surface area contributed by atoms with Gasteiger partial charge in [-0.1, -0.05) is 47.3 Å². The van der Waals surface area contributed by atoms with Crippen LogP contribution in [-0.2, 0) is 4.84 Å². The molecule has 80 valence electrons. The summed E-state index contributed by atoms with van der Waals surface area (Å²) in [5, 5.41) is 3.56. The second-order valence-electron chi connectivity index (χ2n) is 2.82. The largest absolute Gasteiger partial charge is 0.399 e. The average Bonchev–Trinajstić information content (AvgIpc) is 2.34. The van der Waals surface area contributed by atoms with Gasteiger partial charge in [0.15, 0.2) is 0 Å². The summed E-state index contributed by atoms with van der Waals surface area (Å²) in [5.74, 6) is 5.95. The highest BCUT2D eigenvalue weighted by Crippen LogP contribution is 1.94. The molecule has 0 saturated heterocycles. The van der Waals surface area contributed by atoms with Crippen LogP contribution in [0.3, 0.4) is 0 Å². The SMILES string of the molecule is CO\N=C/C=C\C=C\C#Cc1ccccc1. The molecule has 0 N–H and O–H groups in total. The molecule has 0 bridgehead atoms. The number of rotatable bonds is 3. The maximum absolute atomic E-state index is 4.49. The molecule has 0 heterocycles. The van der Waals surface area contributed by atoms with E-state index in [4.69, 9.17) is 0 Å². The number of nitrogens with zero attached hydrogens (tertiary/aromatic N) is 1. The van der Waals surface area contributed by atoms with Crippen LogP contribution in [-0.4, -0.2) is 13.3 Å². The van der Waals surface area contributed by atoms with E-state index in [9.17, 15) is 0 Å². The Balaban J connectivity index is 2.40. The number of oxime groups is 1. The zero-order chi connectivity index (χ0) is 11.5. The van der Waals surface area contributed by atoms with Crippen LogP contribution in [0.5, 0.6) is 0 Å². The van der Waals surface area contributed by atoms with Gasteiger partial charge in [-0.05, 0) is 24.3 Å². The van der Waals surface area contributed by atoms with E-state index in [0.29, 0.717) is 0 Å². The minimum atomic E-state index is 1.01. The lowest BCUT2D eigenvalue weighted by atomic mass is 10.2. The average molecular weight is 211 g/mol. The van der Waals surface area contributed by atoms with E-state index in [1.807, 2.05) is 42.5 Å². The van der Waals surface area contributed by atoms with Gasteiger partial charge in [-0.25, -0.2) is 0 Å². The molecule has 0 amide bonds. The fraction of sp³-hybridized carbons (Fsp3) is 0.0714. The maximum Gasteiger partial charge on any atom is 0.106 e. The molecule has 2 heteroatoms. The minimum absolute atomic E-state index is 1.01. The summed E-state index contributed by atoms with van der Waals surface area (Å²) in [4.78, 5) is 4.49. The molecule has 1 aromatic carbocycles. The predicted molar refractivity (Wildman–Crippen MR) is 67.1 cm³/mol. The topological polar surface area (TPSA) is 21.6 Å². The highest BCUT2D eigenvalue weighted by atomic mass is 16.6. The Hall–Kier alpha value is -2.27. The molecule has 1 rings (SSSR count). The molecule has 0 aromatic heterocycles. The molecule has 0 aliphatic heterocycles. The number of allylic oxidation sites excluding steroid dienone is 4. The van der Waals surface area contributed by atoms with Crippen LogP contribution in [0, 0.1) is 11.8 Å². The van der Waals surface area contributed by atoms with Crippen LogP contribution in [0.1, 0.15) is 5.56 Å². The van der Waals surface area contributed by atoms with E-state index < -0.39 is 0 Å². The fourth-order valence-electron chi connectivity index (χ4n) is 0.960. The molecule has 2 nitrogen and oxygen atoms in total. The summed E-state index contributed by atoms with van der Waals surface area (Å²) >= 11 is 0. The van der Waals surface area contributed by atoms with Crippen molar-refractivity contribution in [3.63, 3.8) is 0 Å². The third kappa shape index (κ3) is 5.46. The second-order valence-corrected chi connectivity index (χ2v) is 2.82. The molecule has 0 unspecified atom stereocenters.